The molecule has 0 amide bonds. The number of hydrogen-bond acceptors (Lipinski definition) is 7. The van der Waals surface area contributed by atoms with Crippen molar-refractivity contribution in [3.8, 4) is 11.8 Å². The van der Waals surface area contributed by atoms with Gasteiger partial charge in [-0.3, -0.25) is 0 Å². The molecule has 0 bridgehead atoms. The summed E-state index contributed by atoms with van der Waals surface area (Å²) in [5, 5.41) is 9.59. The number of carbonyl (C=O) groups is 2. The zero-order chi connectivity index (χ0) is 21.0. The molecule has 0 saturated carbocycles. The van der Waals surface area contributed by atoms with Gasteiger partial charge in [0.1, 0.15) is 28.5 Å². The van der Waals surface area contributed by atoms with Gasteiger partial charge in [0.25, 0.3) is 0 Å². The highest BCUT2D eigenvalue weighted by Crippen LogP contribution is 2.21. The Bertz CT molecular complexity index is 1250. The van der Waals surface area contributed by atoms with Gasteiger partial charge in [-0.2, -0.15) is 5.26 Å². The summed E-state index contributed by atoms with van der Waals surface area (Å²) >= 11 is 3.32. The monoisotopic (exact) mass is 453 g/mol. The number of nitriles is 1. The third-order valence-corrected chi connectivity index (χ3v) is 4.31. The zero-order valence-corrected chi connectivity index (χ0v) is 16.6. The Morgan fingerprint density at radius 2 is 1.97 bits per heavy atom. The summed E-state index contributed by atoms with van der Waals surface area (Å²) < 4.78 is 15.7. The largest absolute Gasteiger partial charge is 0.465 e. The van der Waals surface area contributed by atoms with Crippen LogP contribution in [0, 0.1) is 11.3 Å². The maximum Gasteiger partial charge on any atom is 0.351 e. The van der Waals surface area contributed by atoms with Crippen molar-refractivity contribution in [3.05, 3.63) is 80.1 Å². The van der Waals surface area contributed by atoms with Gasteiger partial charge in [-0.1, -0.05) is 28.1 Å². The molecule has 144 valence electrons. The Morgan fingerprint density at radius 1 is 1.17 bits per heavy atom. The van der Waals surface area contributed by atoms with Gasteiger partial charge in [0.2, 0.25) is 0 Å². The van der Waals surface area contributed by atoms with Gasteiger partial charge >= 0.3 is 17.6 Å². The van der Waals surface area contributed by atoms with E-state index in [1.54, 1.807) is 36.4 Å². The lowest BCUT2D eigenvalue weighted by atomic mass is 10.1. The highest BCUT2D eigenvalue weighted by atomic mass is 79.9. The fourth-order valence-electron chi connectivity index (χ4n) is 2.48. The number of esters is 2. The van der Waals surface area contributed by atoms with E-state index in [1.807, 2.05) is 0 Å². The summed E-state index contributed by atoms with van der Waals surface area (Å²) in [4.78, 5) is 36.1. The fourth-order valence-corrected chi connectivity index (χ4v) is 2.86. The summed E-state index contributed by atoms with van der Waals surface area (Å²) in [6.07, 6.45) is 1.30. The van der Waals surface area contributed by atoms with Crippen LogP contribution in [-0.2, 0) is 9.53 Å². The number of carbonyl (C=O) groups excluding carboxylic acids is 2. The lowest BCUT2D eigenvalue weighted by molar-refractivity contribution is -0.135. The molecule has 0 aliphatic heterocycles. The minimum atomic E-state index is -0.893. The quantitative estimate of drug-likeness (QED) is 0.194. The van der Waals surface area contributed by atoms with Crippen molar-refractivity contribution >= 4 is 44.9 Å². The molecule has 0 saturated heterocycles. The second kappa shape index (κ2) is 8.54. The van der Waals surface area contributed by atoms with Gasteiger partial charge < -0.3 is 13.9 Å². The molecule has 0 radical (unpaired) electrons. The number of benzene rings is 2. The molecule has 1 aromatic heterocycles. The summed E-state index contributed by atoms with van der Waals surface area (Å²) in [6.45, 7) is 0. The second-order valence-corrected chi connectivity index (χ2v) is 6.67. The van der Waals surface area contributed by atoms with Gasteiger partial charge in [-0.15, -0.1) is 0 Å². The number of halogens is 1. The number of nitrogens with zero attached hydrogens (tertiary/aromatic N) is 1. The molecule has 3 rings (SSSR count). The average molecular weight is 454 g/mol. The van der Waals surface area contributed by atoms with E-state index >= 15 is 0 Å². The predicted octanol–water partition coefficient (Wildman–Crippen LogP) is 3.85. The Labute approximate surface area is 172 Å². The van der Waals surface area contributed by atoms with E-state index in [0.717, 1.165) is 4.47 Å². The van der Waals surface area contributed by atoms with Crippen LogP contribution in [0.25, 0.3) is 17.0 Å². The smallest absolute Gasteiger partial charge is 0.351 e. The van der Waals surface area contributed by atoms with Crippen LogP contribution >= 0.6 is 15.9 Å². The maximum absolute atomic E-state index is 12.5. The number of rotatable bonds is 4. The predicted molar refractivity (Wildman–Crippen MR) is 107 cm³/mol. The summed E-state index contributed by atoms with van der Waals surface area (Å²) in [6, 6.07) is 14.3. The van der Waals surface area contributed by atoms with Gasteiger partial charge in [-0.25, -0.2) is 14.4 Å². The SMILES string of the molecule is COC(=O)/C(C#N)=C/c1cccc(OC(=O)c2cc3cc(Br)ccc3oc2=O)c1. The molecular formula is C21H12BrNO6. The summed E-state index contributed by atoms with van der Waals surface area (Å²) in [7, 11) is 1.17. The van der Waals surface area contributed by atoms with Crippen molar-refractivity contribution in [3.63, 3.8) is 0 Å². The molecule has 8 heteroatoms. The number of fused-ring (bicyclic) bond motifs is 1. The van der Waals surface area contributed by atoms with Crippen molar-refractivity contribution in [2.75, 3.05) is 7.11 Å². The first-order valence-corrected chi connectivity index (χ1v) is 8.96. The van der Waals surface area contributed by atoms with E-state index in [1.165, 1.54) is 31.4 Å². The minimum absolute atomic E-state index is 0.125. The molecule has 7 nitrogen and oxygen atoms in total. The van der Waals surface area contributed by atoms with Crippen LogP contribution in [-0.4, -0.2) is 19.0 Å². The number of ether oxygens (including phenoxy) is 2. The average Bonchev–Trinajstić information content (AvgIpc) is 2.71. The molecule has 0 aliphatic rings. The van der Waals surface area contributed by atoms with E-state index in [-0.39, 0.29) is 16.9 Å². The Balaban J connectivity index is 1.90. The third-order valence-electron chi connectivity index (χ3n) is 3.82. The lowest BCUT2D eigenvalue weighted by Crippen LogP contribution is -2.18. The molecule has 29 heavy (non-hydrogen) atoms. The third kappa shape index (κ3) is 4.59. The van der Waals surface area contributed by atoms with Gasteiger partial charge in [0.15, 0.2) is 0 Å². The molecular weight excluding hydrogens is 442 g/mol. The van der Waals surface area contributed by atoms with Gasteiger partial charge in [-0.05, 0) is 48.0 Å². The first kappa shape index (κ1) is 20.0. The first-order valence-electron chi connectivity index (χ1n) is 8.17. The van der Waals surface area contributed by atoms with Crippen LogP contribution in [0.1, 0.15) is 15.9 Å². The van der Waals surface area contributed by atoms with Crippen molar-refractivity contribution in [2.24, 2.45) is 0 Å². The van der Waals surface area contributed by atoms with Crippen LogP contribution in [0.5, 0.6) is 5.75 Å². The van der Waals surface area contributed by atoms with Gasteiger partial charge in [0.05, 0.1) is 7.11 Å². The molecule has 0 atom stereocenters. The zero-order valence-electron chi connectivity index (χ0n) is 15.0. The van der Waals surface area contributed by atoms with Crippen LogP contribution in [0.15, 0.2) is 67.8 Å². The van der Waals surface area contributed by atoms with Crippen LogP contribution in [0.4, 0.5) is 0 Å². The number of hydrogen-bond donors (Lipinski definition) is 0. The molecule has 0 unspecified atom stereocenters. The van der Waals surface area contributed by atoms with Crippen molar-refractivity contribution in [1.29, 1.82) is 5.26 Å². The molecule has 2 aromatic carbocycles. The van der Waals surface area contributed by atoms with E-state index in [9.17, 15) is 14.4 Å². The van der Waals surface area contributed by atoms with Crippen molar-refractivity contribution < 1.29 is 23.5 Å². The standard InChI is InChI=1S/C21H12BrNO6/c1-27-19(24)14(11-23)7-12-3-2-4-16(8-12)28-20(25)17-10-13-9-15(22)5-6-18(13)29-21(17)26/h2-10H,1H3/b14-7+. The first-order chi connectivity index (χ1) is 13.9. The van der Waals surface area contributed by atoms with Crippen LogP contribution < -0.4 is 10.4 Å². The molecule has 0 spiro atoms. The van der Waals surface area contributed by atoms with Gasteiger partial charge in [0, 0.05) is 9.86 Å². The Morgan fingerprint density at radius 3 is 2.69 bits per heavy atom. The maximum atomic E-state index is 12.5. The summed E-state index contributed by atoms with van der Waals surface area (Å²) in [5.74, 6) is -1.55. The van der Waals surface area contributed by atoms with Crippen molar-refractivity contribution in [2.45, 2.75) is 0 Å². The molecule has 0 fully saturated rings. The van der Waals surface area contributed by atoms with E-state index in [0.29, 0.717) is 16.5 Å². The highest BCUT2D eigenvalue weighted by Gasteiger charge is 2.17. The Kier molecular flexibility index (Phi) is 5.90. The van der Waals surface area contributed by atoms with Crippen molar-refractivity contribution in [1.82, 2.24) is 0 Å². The molecule has 1 heterocycles. The molecule has 0 N–H and O–H groups in total. The number of methoxy groups -OCH3 is 1. The molecule has 3 aromatic rings. The minimum Gasteiger partial charge on any atom is -0.465 e. The van der Waals surface area contributed by atoms with Crippen LogP contribution in [0.3, 0.4) is 0 Å². The van der Waals surface area contributed by atoms with Crippen LogP contribution in [0.2, 0.25) is 0 Å². The topological polar surface area (TPSA) is 107 Å². The molecule has 0 aliphatic carbocycles. The van der Waals surface area contributed by atoms with E-state index in [2.05, 4.69) is 20.7 Å². The van der Waals surface area contributed by atoms with E-state index < -0.39 is 17.6 Å². The Hall–Kier alpha value is -3.70. The fraction of sp³-hybridized carbons (Fsp3) is 0.0476. The van der Waals surface area contributed by atoms with E-state index in [4.69, 9.17) is 14.4 Å². The normalized spacial score (nSPS) is 11.0. The lowest BCUT2D eigenvalue weighted by Gasteiger charge is -2.06. The summed E-state index contributed by atoms with van der Waals surface area (Å²) in [5.41, 5.74) is -0.515. The highest BCUT2D eigenvalue weighted by molar-refractivity contribution is 9.10. The second-order valence-electron chi connectivity index (χ2n) is 5.75.